The summed E-state index contributed by atoms with van der Waals surface area (Å²) in [4.78, 5) is 19.8. The minimum Gasteiger partial charge on any atom is -0.387 e. The Morgan fingerprint density at radius 1 is 1.62 bits per heavy atom. The summed E-state index contributed by atoms with van der Waals surface area (Å²) in [6.45, 7) is -0.688. The van der Waals surface area contributed by atoms with Crippen LogP contribution in [0.15, 0.2) is 0 Å². The first kappa shape index (κ1) is 7.45. The lowest BCUT2D eigenvalue weighted by Crippen LogP contribution is -2.28. The Kier molecular flexibility index (Phi) is 3.21. The van der Waals surface area contributed by atoms with E-state index < -0.39 is 17.8 Å². The molecule has 0 rings (SSSR count). The van der Waals surface area contributed by atoms with Gasteiger partial charge in [0.05, 0.1) is 0 Å². The molecule has 2 N–H and O–H groups in total. The molecule has 0 aliphatic rings. The predicted octanol–water partition coefficient (Wildman–Crippen LogP) is -0.855. The average molecular weight is 135 g/mol. The SMILES string of the molecule is O=C(S)NC(=O)CO. The van der Waals surface area contributed by atoms with Gasteiger partial charge in [0.2, 0.25) is 0 Å². The third-order valence-electron chi connectivity index (χ3n) is 0.390. The van der Waals surface area contributed by atoms with E-state index in [1.54, 1.807) is 5.32 Å². The van der Waals surface area contributed by atoms with Gasteiger partial charge in [0.15, 0.2) is 0 Å². The summed E-state index contributed by atoms with van der Waals surface area (Å²) in [5.74, 6) is -0.745. The number of aliphatic hydroxyl groups is 1. The summed E-state index contributed by atoms with van der Waals surface area (Å²) in [5, 5.41) is 8.95. The molecule has 0 radical (unpaired) electrons. The molecular formula is C3H5NO3S. The Morgan fingerprint density at radius 2 is 2.12 bits per heavy atom. The number of rotatable bonds is 1. The molecule has 0 saturated heterocycles. The van der Waals surface area contributed by atoms with E-state index in [0.29, 0.717) is 0 Å². The van der Waals surface area contributed by atoms with E-state index >= 15 is 0 Å². The molecule has 0 bridgehead atoms. The third-order valence-corrected chi connectivity index (χ3v) is 0.502. The van der Waals surface area contributed by atoms with Crippen molar-refractivity contribution in [3.05, 3.63) is 0 Å². The van der Waals surface area contributed by atoms with Crippen molar-refractivity contribution in [2.24, 2.45) is 0 Å². The van der Waals surface area contributed by atoms with Crippen LogP contribution in [0.1, 0.15) is 0 Å². The van der Waals surface area contributed by atoms with Crippen molar-refractivity contribution in [2.75, 3.05) is 6.61 Å². The van der Waals surface area contributed by atoms with Crippen LogP contribution >= 0.6 is 12.6 Å². The minimum absolute atomic E-state index is 0.688. The molecule has 0 aliphatic carbocycles. The molecular weight excluding hydrogens is 130 g/mol. The average Bonchev–Trinajstić information content (AvgIpc) is 1.65. The Hall–Kier alpha value is -0.550. The van der Waals surface area contributed by atoms with Gasteiger partial charge in [-0.05, 0) is 0 Å². The normalized spacial score (nSPS) is 8.25. The van der Waals surface area contributed by atoms with Crippen molar-refractivity contribution < 1.29 is 14.7 Å². The van der Waals surface area contributed by atoms with E-state index in [-0.39, 0.29) is 0 Å². The van der Waals surface area contributed by atoms with Crippen LogP contribution in [0.4, 0.5) is 4.79 Å². The number of thiol groups is 1. The maximum Gasteiger partial charge on any atom is 0.282 e. The first-order chi connectivity index (χ1) is 3.66. The summed E-state index contributed by atoms with van der Waals surface area (Å²) < 4.78 is 0. The molecule has 0 aromatic carbocycles. The molecule has 4 nitrogen and oxygen atoms in total. The molecule has 46 valence electrons. The van der Waals surface area contributed by atoms with Crippen LogP contribution in [-0.2, 0) is 4.79 Å². The van der Waals surface area contributed by atoms with Crippen molar-refractivity contribution in [3.8, 4) is 0 Å². The molecule has 0 heterocycles. The molecule has 0 fully saturated rings. The van der Waals surface area contributed by atoms with E-state index in [0.717, 1.165) is 0 Å². The smallest absolute Gasteiger partial charge is 0.282 e. The molecule has 0 unspecified atom stereocenters. The highest BCUT2D eigenvalue weighted by atomic mass is 32.1. The van der Waals surface area contributed by atoms with E-state index in [2.05, 4.69) is 12.6 Å². The van der Waals surface area contributed by atoms with Crippen LogP contribution in [0.3, 0.4) is 0 Å². The van der Waals surface area contributed by atoms with Crippen molar-refractivity contribution in [1.29, 1.82) is 0 Å². The van der Waals surface area contributed by atoms with Crippen LogP contribution in [0, 0.1) is 0 Å². The van der Waals surface area contributed by atoms with Crippen molar-refractivity contribution >= 4 is 23.8 Å². The van der Waals surface area contributed by atoms with E-state index in [9.17, 15) is 9.59 Å². The zero-order valence-corrected chi connectivity index (χ0v) is 4.81. The first-order valence-electron chi connectivity index (χ1n) is 1.80. The molecule has 0 saturated carbocycles. The van der Waals surface area contributed by atoms with Gasteiger partial charge in [-0.3, -0.25) is 14.9 Å². The van der Waals surface area contributed by atoms with Gasteiger partial charge in [-0.2, -0.15) is 0 Å². The van der Waals surface area contributed by atoms with Crippen LogP contribution in [-0.4, -0.2) is 22.9 Å². The van der Waals surface area contributed by atoms with Gasteiger partial charge in [-0.15, -0.1) is 0 Å². The second-order valence-corrected chi connectivity index (χ2v) is 1.42. The Balaban J connectivity index is 3.40. The van der Waals surface area contributed by atoms with Crippen LogP contribution < -0.4 is 5.32 Å². The second kappa shape index (κ2) is 3.45. The number of nitrogens with one attached hydrogen (secondary N) is 1. The predicted molar refractivity (Wildman–Crippen MR) is 29.6 cm³/mol. The molecule has 0 spiro atoms. The summed E-state index contributed by atoms with van der Waals surface area (Å²) in [6.07, 6.45) is 0. The lowest BCUT2D eigenvalue weighted by Gasteiger charge is -1.91. The zero-order chi connectivity index (χ0) is 6.57. The van der Waals surface area contributed by atoms with Gasteiger partial charge >= 0.3 is 0 Å². The number of hydrogen-bond acceptors (Lipinski definition) is 3. The Morgan fingerprint density at radius 3 is 2.25 bits per heavy atom. The lowest BCUT2D eigenvalue weighted by molar-refractivity contribution is -0.122. The second-order valence-electron chi connectivity index (χ2n) is 1.01. The number of amides is 2. The fraction of sp³-hybridized carbons (Fsp3) is 0.333. The number of carbonyl (C=O) groups is 2. The maximum atomic E-state index is 9.99. The molecule has 2 amide bonds. The van der Waals surface area contributed by atoms with E-state index in [4.69, 9.17) is 5.11 Å². The largest absolute Gasteiger partial charge is 0.387 e. The van der Waals surface area contributed by atoms with Crippen LogP contribution in [0.25, 0.3) is 0 Å². The lowest BCUT2D eigenvalue weighted by atomic mass is 10.7. The molecule has 0 aliphatic heterocycles. The number of hydrogen-bond donors (Lipinski definition) is 3. The summed E-state index contributed by atoms with van der Waals surface area (Å²) in [6, 6.07) is 0. The highest BCUT2D eigenvalue weighted by Gasteiger charge is 1.98. The quantitative estimate of drug-likeness (QED) is 0.410. The topological polar surface area (TPSA) is 66.4 Å². The van der Waals surface area contributed by atoms with Gasteiger partial charge in [-0.1, -0.05) is 12.6 Å². The Bertz CT molecular complexity index is 113. The van der Waals surface area contributed by atoms with E-state index in [1.165, 1.54) is 0 Å². The minimum atomic E-state index is -0.760. The van der Waals surface area contributed by atoms with Crippen molar-refractivity contribution in [2.45, 2.75) is 0 Å². The molecule has 0 atom stereocenters. The van der Waals surface area contributed by atoms with Crippen molar-refractivity contribution in [1.82, 2.24) is 5.32 Å². The zero-order valence-electron chi connectivity index (χ0n) is 3.92. The molecule has 0 aromatic heterocycles. The van der Waals surface area contributed by atoms with Crippen LogP contribution in [0.5, 0.6) is 0 Å². The molecule has 5 heteroatoms. The third kappa shape index (κ3) is 3.63. The standard InChI is InChI=1S/C3H5NO3S/c5-1-2(6)4-3(7)8/h5H,1H2,(H2,4,6,7,8). The van der Waals surface area contributed by atoms with Gasteiger partial charge in [0.1, 0.15) is 6.61 Å². The number of carbonyl (C=O) groups excluding carboxylic acids is 2. The highest BCUT2D eigenvalue weighted by Crippen LogP contribution is 1.73. The number of imide groups is 1. The van der Waals surface area contributed by atoms with Crippen molar-refractivity contribution in [3.63, 3.8) is 0 Å². The maximum absolute atomic E-state index is 9.99. The summed E-state index contributed by atoms with van der Waals surface area (Å²) >= 11 is 3.21. The fourth-order valence-corrected chi connectivity index (χ4v) is 0.283. The summed E-state index contributed by atoms with van der Waals surface area (Å²) in [5.41, 5.74) is 0. The number of aliphatic hydroxyl groups excluding tert-OH is 1. The van der Waals surface area contributed by atoms with Gasteiger partial charge in [0, 0.05) is 0 Å². The van der Waals surface area contributed by atoms with Gasteiger partial charge in [0.25, 0.3) is 11.1 Å². The van der Waals surface area contributed by atoms with Crippen LogP contribution in [0.2, 0.25) is 0 Å². The summed E-state index contributed by atoms with van der Waals surface area (Å²) in [7, 11) is 0. The Labute approximate surface area is 51.3 Å². The molecule has 8 heavy (non-hydrogen) atoms. The first-order valence-corrected chi connectivity index (χ1v) is 2.25. The fourth-order valence-electron chi connectivity index (χ4n) is 0.159. The monoisotopic (exact) mass is 135 g/mol. The van der Waals surface area contributed by atoms with E-state index in [1.807, 2.05) is 0 Å². The molecule has 0 aromatic rings. The highest BCUT2D eigenvalue weighted by molar-refractivity contribution is 7.96. The van der Waals surface area contributed by atoms with Gasteiger partial charge < -0.3 is 5.11 Å². The van der Waals surface area contributed by atoms with Gasteiger partial charge in [-0.25, -0.2) is 0 Å².